The zero-order valence-corrected chi connectivity index (χ0v) is 14.3. The molecule has 0 saturated heterocycles. The van der Waals surface area contributed by atoms with Crippen molar-refractivity contribution in [3.63, 3.8) is 0 Å². The fraction of sp³-hybridized carbons (Fsp3) is 0.467. The molecule has 7 heteroatoms. The molecule has 1 aromatic rings. The number of ether oxygens (including phenoxy) is 2. The van der Waals surface area contributed by atoms with Gasteiger partial charge in [0.15, 0.2) is 0 Å². The molecule has 1 amide bonds. The van der Waals surface area contributed by atoms with Gasteiger partial charge in [0, 0.05) is 10.5 Å². The lowest BCUT2D eigenvalue weighted by molar-refractivity contribution is 0.0536. The maximum atomic E-state index is 11.6. The predicted molar refractivity (Wildman–Crippen MR) is 87.3 cm³/mol. The molecule has 0 fully saturated rings. The zero-order valence-electron chi connectivity index (χ0n) is 13.5. The molecule has 0 aromatic heterocycles. The number of nitrogens with zero attached hydrogens (tertiary/aromatic N) is 1. The van der Waals surface area contributed by atoms with Crippen LogP contribution < -0.4 is 10.1 Å². The molecule has 0 radical (unpaired) electrons. The summed E-state index contributed by atoms with van der Waals surface area (Å²) < 4.78 is 10.4. The van der Waals surface area contributed by atoms with Crippen LogP contribution in [0.15, 0.2) is 28.3 Å². The fourth-order valence-electron chi connectivity index (χ4n) is 1.68. The highest BCUT2D eigenvalue weighted by Crippen LogP contribution is 2.28. The number of carbonyl (C=O) groups is 1. The van der Waals surface area contributed by atoms with Crippen LogP contribution in [0.3, 0.4) is 0 Å². The maximum absolute atomic E-state index is 11.6. The van der Waals surface area contributed by atoms with Gasteiger partial charge in [-0.15, -0.1) is 11.8 Å². The van der Waals surface area contributed by atoms with Crippen LogP contribution in [0.5, 0.6) is 5.75 Å². The number of oxime groups is 1. The number of alkyl carbamates (subject to hydrolysis) is 1. The normalized spacial score (nSPS) is 12.0. The van der Waals surface area contributed by atoms with Gasteiger partial charge in [-0.1, -0.05) is 5.16 Å². The summed E-state index contributed by atoms with van der Waals surface area (Å²) in [6, 6.07) is 5.40. The van der Waals surface area contributed by atoms with Gasteiger partial charge in [0.2, 0.25) is 0 Å². The lowest BCUT2D eigenvalue weighted by atomic mass is 10.1. The summed E-state index contributed by atoms with van der Waals surface area (Å²) in [5.74, 6) is 0.744. The molecular formula is C15H22N2O4S. The molecule has 0 unspecified atom stereocenters. The van der Waals surface area contributed by atoms with Gasteiger partial charge >= 0.3 is 6.09 Å². The van der Waals surface area contributed by atoms with Crippen molar-refractivity contribution in [1.82, 2.24) is 5.32 Å². The third kappa shape index (κ3) is 5.48. The third-order valence-electron chi connectivity index (χ3n) is 2.64. The number of nitrogens with one attached hydrogen (secondary N) is 1. The molecule has 0 atom stereocenters. The number of benzene rings is 1. The molecule has 2 N–H and O–H groups in total. The third-order valence-corrected chi connectivity index (χ3v) is 3.40. The summed E-state index contributed by atoms with van der Waals surface area (Å²) in [7, 11) is 1.60. The van der Waals surface area contributed by atoms with Gasteiger partial charge < -0.3 is 20.0 Å². The SMILES string of the molecule is COc1ccc(C(CNC(=O)OC(C)(C)C)=NO)cc1SC. The first-order valence-corrected chi connectivity index (χ1v) is 7.93. The van der Waals surface area contributed by atoms with E-state index < -0.39 is 11.7 Å². The highest BCUT2D eigenvalue weighted by molar-refractivity contribution is 7.98. The first-order chi connectivity index (χ1) is 10.3. The Morgan fingerprint density at radius 2 is 2.09 bits per heavy atom. The van der Waals surface area contributed by atoms with Crippen LogP contribution in [0.1, 0.15) is 26.3 Å². The minimum absolute atomic E-state index is 0.0611. The van der Waals surface area contributed by atoms with Gasteiger partial charge in [-0.2, -0.15) is 0 Å². The van der Waals surface area contributed by atoms with Crippen LogP contribution >= 0.6 is 11.8 Å². The smallest absolute Gasteiger partial charge is 0.407 e. The van der Waals surface area contributed by atoms with E-state index in [1.807, 2.05) is 12.3 Å². The van der Waals surface area contributed by atoms with Gasteiger partial charge in [0.05, 0.1) is 13.7 Å². The Kier molecular flexibility index (Phi) is 6.55. The standard InChI is InChI=1S/C15H22N2O4S/c1-15(2,3)21-14(18)16-9-11(17-19)10-6-7-12(20-4)13(8-10)22-5/h6-8,19H,9H2,1-5H3,(H,16,18). The molecule has 0 aliphatic rings. The lowest BCUT2D eigenvalue weighted by Gasteiger charge is -2.19. The van der Waals surface area contributed by atoms with Crippen molar-refractivity contribution in [2.45, 2.75) is 31.3 Å². The van der Waals surface area contributed by atoms with E-state index in [9.17, 15) is 10.0 Å². The summed E-state index contributed by atoms with van der Waals surface area (Å²) in [5.41, 5.74) is 0.458. The highest BCUT2D eigenvalue weighted by Gasteiger charge is 2.17. The summed E-state index contributed by atoms with van der Waals surface area (Å²) >= 11 is 1.52. The molecule has 1 aromatic carbocycles. The first kappa shape index (κ1) is 18.2. The summed E-state index contributed by atoms with van der Waals surface area (Å²) in [6.07, 6.45) is 1.36. The van der Waals surface area contributed by atoms with Crippen LogP contribution in [-0.2, 0) is 4.74 Å². The van der Waals surface area contributed by atoms with Gasteiger partial charge in [-0.05, 0) is 45.2 Å². The Bertz CT molecular complexity index is 553. The quantitative estimate of drug-likeness (QED) is 0.376. The van der Waals surface area contributed by atoms with Crippen molar-refractivity contribution in [2.24, 2.45) is 5.16 Å². The van der Waals surface area contributed by atoms with E-state index in [1.54, 1.807) is 40.0 Å². The van der Waals surface area contributed by atoms with Gasteiger partial charge in [-0.3, -0.25) is 0 Å². The van der Waals surface area contributed by atoms with Gasteiger partial charge in [0.1, 0.15) is 17.1 Å². The molecule has 22 heavy (non-hydrogen) atoms. The van der Waals surface area contributed by atoms with Crippen molar-refractivity contribution in [2.75, 3.05) is 19.9 Å². The van der Waals surface area contributed by atoms with Crippen LogP contribution in [0.2, 0.25) is 0 Å². The molecule has 0 saturated carbocycles. The monoisotopic (exact) mass is 326 g/mol. The molecule has 122 valence electrons. The first-order valence-electron chi connectivity index (χ1n) is 6.71. The molecule has 0 spiro atoms. The minimum Gasteiger partial charge on any atom is -0.496 e. The molecule has 6 nitrogen and oxygen atoms in total. The summed E-state index contributed by atoms with van der Waals surface area (Å²) in [5, 5.41) is 15.0. The molecular weight excluding hydrogens is 304 g/mol. The van der Waals surface area contributed by atoms with Crippen LogP contribution in [-0.4, -0.2) is 42.5 Å². The lowest BCUT2D eigenvalue weighted by Crippen LogP contribution is -2.35. The second kappa shape index (κ2) is 7.93. The average Bonchev–Trinajstić information content (AvgIpc) is 2.45. The number of hydrogen-bond acceptors (Lipinski definition) is 6. The molecule has 0 heterocycles. The van der Waals surface area contributed by atoms with E-state index in [0.717, 1.165) is 10.6 Å². The largest absolute Gasteiger partial charge is 0.496 e. The second-order valence-electron chi connectivity index (χ2n) is 5.47. The van der Waals surface area contributed by atoms with Crippen molar-refractivity contribution in [1.29, 1.82) is 0 Å². The molecule has 0 aliphatic heterocycles. The van der Waals surface area contributed by atoms with Gasteiger partial charge in [-0.25, -0.2) is 4.79 Å². The fourth-order valence-corrected chi connectivity index (χ4v) is 2.28. The Balaban J connectivity index is 2.79. The highest BCUT2D eigenvalue weighted by atomic mass is 32.2. The Labute approximate surface area is 134 Å². The maximum Gasteiger partial charge on any atom is 0.407 e. The summed E-state index contributed by atoms with van der Waals surface area (Å²) in [6.45, 7) is 5.40. The van der Waals surface area contributed by atoms with Crippen molar-refractivity contribution in [3.05, 3.63) is 23.8 Å². The topological polar surface area (TPSA) is 80.2 Å². The van der Waals surface area contributed by atoms with Crippen LogP contribution in [0.25, 0.3) is 0 Å². The average molecular weight is 326 g/mol. The summed E-state index contributed by atoms with van der Waals surface area (Å²) in [4.78, 5) is 12.6. The number of hydrogen-bond donors (Lipinski definition) is 2. The molecule has 0 aliphatic carbocycles. The number of thioether (sulfide) groups is 1. The van der Waals surface area contributed by atoms with Crippen molar-refractivity contribution < 1.29 is 19.5 Å². The second-order valence-corrected chi connectivity index (χ2v) is 6.32. The van der Waals surface area contributed by atoms with Crippen molar-refractivity contribution in [3.8, 4) is 5.75 Å². The van der Waals surface area contributed by atoms with E-state index >= 15 is 0 Å². The minimum atomic E-state index is -0.577. The Morgan fingerprint density at radius 3 is 2.59 bits per heavy atom. The number of amides is 1. The predicted octanol–water partition coefficient (Wildman–Crippen LogP) is 3.12. The van der Waals surface area contributed by atoms with E-state index in [1.165, 1.54) is 11.8 Å². The van der Waals surface area contributed by atoms with E-state index in [2.05, 4.69) is 10.5 Å². The number of methoxy groups -OCH3 is 1. The number of rotatable bonds is 5. The Hall–Kier alpha value is -1.89. The van der Waals surface area contributed by atoms with Crippen LogP contribution in [0, 0.1) is 0 Å². The number of carbonyl (C=O) groups excluding carboxylic acids is 1. The van der Waals surface area contributed by atoms with E-state index in [4.69, 9.17) is 9.47 Å². The van der Waals surface area contributed by atoms with Crippen LogP contribution in [0.4, 0.5) is 4.79 Å². The molecule has 0 bridgehead atoms. The van der Waals surface area contributed by atoms with Crippen molar-refractivity contribution >= 4 is 23.6 Å². The van der Waals surface area contributed by atoms with Gasteiger partial charge in [0.25, 0.3) is 0 Å². The zero-order chi connectivity index (χ0) is 16.8. The molecule has 1 rings (SSSR count). The van der Waals surface area contributed by atoms with E-state index in [-0.39, 0.29) is 6.54 Å². The Morgan fingerprint density at radius 1 is 1.41 bits per heavy atom. The van der Waals surface area contributed by atoms with E-state index in [0.29, 0.717) is 11.3 Å².